The highest BCUT2D eigenvalue weighted by atomic mass is 16.6. The number of aromatic carboxylic acids is 2. The summed E-state index contributed by atoms with van der Waals surface area (Å²) in [4.78, 5) is 39.8. The summed E-state index contributed by atoms with van der Waals surface area (Å²) in [6.45, 7) is 0. The molecule has 0 spiro atoms. The third kappa shape index (κ3) is 4.89. The summed E-state index contributed by atoms with van der Waals surface area (Å²) >= 11 is 0. The topological polar surface area (TPSA) is 201 Å². The van der Waals surface area contributed by atoms with Gasteiger partial charge in [0.25, 0.3) is 11.4 Å². The van der Waals surface area contributed by atoms with Crippen LogP contribution in [0.1, 0.15) is 20.7 Å². The normalized spacial score (nSPS) is 9.54. The van der Waals surface area contributed by atoms with Gasteiger partial charge in [0.05, 0.1) is 9.85 Å². The predicted molar refractivity (Wildman–Crippen MR) is 83.4 cm³/mol. The molecule has 4 N–H and O–H groups in total. The van der Waals surface area contributed by atoms with Gasteiger partial charge < -0.3 is 20.4 Å². The molecule has 12 heteroatoms. The van der Waals surface area contributed by atoms with Crippen molar-refractivity contribution in [3.63, 3.8) is 0 Å². The minimum Gasteiger partial charge on any atom is -0.507 e. The maximum atomic E-state index is 10.4. The molecule has 0 amide bonds. The van der Waals surface area contributed by atoms with Crippen LogP contribution < -0.4 is 0 Å². The molecule has 0 atom stereocenters. The molecule has 0 aliphatic carbocycles. The lowest BCUT2D eigenvalue weighted by Crippen LogP contribution is -1.98. The van der Waals surface area contributed by atoms with E-state index in [4.69, 9.17) is 20.4 Å². The van der Waals surface area contributed by atoms with E-state index in [0.717, 1.165) is 36.4 Å². The fourth-order valence-corrected chi connectivity index (χ4v) is 1.62. The molecule has 136 valence electrons. The summed E-state index contributed by atoms with van der Waals surface area (Å²) in [5.41, 5.74) is -1.69. The number of hydrogen-bond acceptors (Lipinski definition) is 8. The molecule has 2 aromatic carbocycles. The van der Waals surface area contributed by atoms with Crippen LogP contribution in [0.4, 0.5) is 11.4 Å². The van der Waals surface area contributed by atoms with Crippen molar-refractivity contribution in [3.05, 3.63) is 67.8 Å². The van der Waals surface area contributed by atoms with Crippen LogP contribution in [0, 0.1) is 20.2 Å². The van der Waals surface area contributed by atoms with Crippen LogP contribution in [0.5, 0.6) is 11.5 Å². The number of aromatic hydroxyl groups is 2. The van der Waals surface area contributed by atoms with Gasteiger partial charge in [-0.3, -0.25) is 20.2 Å². The van der Waals surface area contributed by atoms with E-state index in [1.54, 1.807) is 0 Å². The number of rotatable bonds is 4. The molecule has 2 aromatic rings. The van der Waals surface area contributed by atoms with E-state index in [2.05, 4.69) is 0 Å². The van der Waals surface area contributed by atoms with E-state index in [0.29, 0.717) is 0 Å². The molecule has 26 heavy (non-hydrogen) atoms. The number of carboxylic acids is 2. The maximum Gasteiger partial charge on any atom is 0.339 e. The molecule has 0 radical (unpaired) electrons. The lowest BCUT2D eigenvalue weighted by Gasteiger charge is -1.97. The first-order valence-corrected chi connectivity index (χ1v) is 6.46. The van der Waals surface area contributed by atoms with Crippen LogP contribution >= 0.6 is 0 Å². The Labute approximate surface area is 143 Å². The van der Waals surface area contributed by atoms with Crippen LogP contribution in [-0.2, 0) is 0 Å². The van der Waals surface area contributed by atoms with Crippen molar-refractivity contribution in [1.82, 2.24) is 0 Å². The van der Waals surface area contributed by atoms with Gasteiger partial charge in [0.15, 0.2) is 0 Å². The highest BCUT2D eigenvalue weighted by Gasteiger charge is 2.15. The molecule has 0 unspecified atom stereocenters. The van der Waals surface area contributed by atoms with Gasteiger partial charge in [-0.05, 0) is 12.1 Å². The largest absolute Gasteiger partial charge is 0.507 e. The Morgan fingerprint density at radius 2 is 1.04 bits per heavy atom. The molecule has 0 aromatic heterocycles. The Kier molecular flexibility index (Phi) is 6.14. The van der Waals surface area contributed by atoms with Crippen molar-refractivity contribution in [2.45, 2.75) is 0 Å². The second-order valence-corrected chi connectivity index (χ2v) is 4.53. The Balaban J connectivity index is 0.000000260. The quantitative estimate of drug-likeness (QED) is 0.457. The van der Waals surface area contributed by atoms with Crippen molar-refractivity contribution >= 4 is 23.3 Å². The molecule has 0 heterocycles. The molecule has 0 saturated carbocycles. The maximum absolute atomic E-state index is 10.4. The minimum absolute atomic E-state index is 0.366. The molecule has 0 saturated heterocycles. The Morgan fingerprint density at radius 3 is 1.27 bits per heavy atom. The zero-order chi connectivity index (χ0) is 20.0. The number of carboxylic acid groups (broad SMARTS) is 2. The summed E-state index contributed by atoms with van der Waals surface area (Å²) < 4.78 is 0. The third-order valence-electron chi connectivity index (χ3n) is 2.84. The van der Waals surface area contributed by atoms with Crippen molar-refractivity contribution in [3.8, 4) is 11.5 Å². The van der Waals surface area contributed by atoms with Gasteiger partial charge in [-0.25, -0.2) is 9.59 Å². The van der Waals surface area contributed by atoms with Gasteiger partial charge in [-0.2, -0.15) is 0 Å². The average molecular weight is 366 g/mol. The second kappa shape index (κ2) is 8.05. The monoisotopic (exact) mass is 366 g/mol. The summed E-state index contributed by atoms with van der Waals surface area (Å²) in [6, 6.07) is 5.61. The number of nitrogens with zero attached hydrogens (tertiary/aromatic N) is 2. The molecular weight excluding hydrogens is 356 g/mol. The number of nitro groups is 2. The van der Waals surface area contributed by atoms with E-state index in [9.17, 15) is 29.8 Å². The standard InChI is InChI=1S/2C7H5NO5/c2*9-6-2-1-4(8(12)13)3-5(6)7(10)11/h2*1-3,9H,(H,10,11). The van der Waals surface area contributed by atoms with E-state index in [1.807, 2.05) is 0 Å². The van der Waals surface area contributed by atoms with Crippen molar-refractivity contribution in [2.75, 3.05) is 0 Å². The van der Waals surface area contributed by atoms with Gasteiger partial charge in [0.1, 0.15) is 22.6 Å². The van der Waals surface area contributed by atoms with Gasteiger partial charge in [0, 0.05) is 24.3 Å². The SMILES string of the molecule is O=C(O)c1cc([N+](=O)[O-])ccc1O.O=C(O)c1cc([N+](=O)[O-])ccc1O. The first-order chi connectivity index (χ1) is 12.0. The third-order valence-corrected chi connectivity index (χ3v) is 2.84. The van der Waals surface area contributed by atoms with Crippen LogP contribution in [-0.4, -0.2) is 42.2 Å². The van der Waals surface area contributed by atoms with Crippen molar-refractivity contribution < 1.29 is 39.9 Å². The molecule has 12 nitrogen and oxygen atoms in total. The highest BCUT2D eigenvalue weighted by Crippen LogP contribution is 2.23. The fraction of sp³-hybridized carbons (Fsp3) is 0. The Morgan fingerprint density at radius 1 is 0.731 bits per heavy atom. The van der Waals surface area contributed by atoms with Crippen molar-refractivity contribution in [1.29, 1.82) is 0 Å². The fourth-order valence-electron chi connectivity index (χ4n) is 1.62. The number of carbonyl (C=O) groups is 2. The second-order valence-electron chi connectivity index (χ2n) is 4.53. The predicted octanol–water partition coefficient (Wildman–Crippen LogP) is 2.00. The van der Waals surface area contributed by atoms with E-state index < -0.39 is 44.4 Å². The van der Waals surface area contributed by atoms with Crippen LogP contribution in [0.15, 0.2) is 36.4 Å². The zero-order valence-electron chi connectivity index (χ0n) is 12.6. The van der Waals surface area contributed by atoms with Crippen LogP contribution in [0.25, 0.3) is 0 Å². The van der Waals surface area contributed by atoms with E-state index in [-0.39, 0.29) is 11.4 Å². The first kappa shape index (κ1) is 19.8. The summed E-state index contributed by atoms with van der Waals surface area (Å²) in [5, 5.41) is 55.4. The highest BCUT2D eigenvalue weighted by molar-refractivity contribution is 5.92. The number of phenols is 2. The summed E-state index contributed by atoms with van der Waals surface area (Å²) in [7, 11) is 0. The zero-order valence-corrected chi connectivity index (χ0v) is 12.6. The number of nitro benzene ring substituents is 2. The number of non-ortho nitro benzene ring substituents is 2. The molecule has 0 bridgehead atoms. The minimum atomic E-state index is -1.40. The summed E-state index contributed by atoms with van der Waals surface area (Å²) in [6.07, 6.45) is 0. The van der Waals surface area contributed by atoms with E-state index in [1.165, 1.54) is 0 Å². The van der Waals surface area contributed by atoms with Crippen molar-refractivity contribution in [2.24, 2.45) is 0 Å². The average Bonchev–Trinajstić information content (AvgIpc) is 2.55. The van der Waals surface area contributed by atoms with Gasteiger partial charge in [0.2, 0.25) is 0 Å². The lowest BCUT2D eigenvalue weighted by molar-refractivity contribution is -0.385. The van der Waals surface area contributed by atoms with E-state index >= 15 is 0 Å². The van der Waals surface area contributed by atoms with Crippen LogP contribution in [0.3, 0.4) is 0 Å². The Bertz CT molecular complexity index is 820. The van der Waals surface area contributed by atoms with Crippen LogP contribution in [0.2, 0.25) is 0 Å². The molecular formula is C14H10N2O10. The molecule has 2 rings (SSSR count). The number of hydrogen-bond donors (Lipinski definition) is 4. The molecule has 0 aliphatic rings. The van der Waals surface area contributed by atoms with Gasteiger partial charge in [-0.1, -0.05) is 0 Å². The lowest BCUT2D eigenvalue weighted by atomic mass is 10.2. The Hall–Kier alpha value is -4.22. The first-order valence-electron chi connectivity index (χ1n) is 6.46. The molecule has 0 fully saturated rings. The summed E-state index contributed by atoms with van der Waals surface area (Å²) in [5.74, 6) is -3.78. The van der Waals surface area contributed by atoms with Gasteiger partial charge in [-0.15, -0.1) is 0 Å². The molecule has 0 aliphatic heterocycles. The smallest absolute Gasteiger partial charge is 0.339 e. The van der Waals surface area contributed by atoms with Gasteiger partial charge >= 0.3 is 11.9 Å². The number of benzene rings is 2.